The van der Waals surface area contributed by atoms with E-state index in [1.807, 2.05) is 16.7 Å². The van der Waals surface area contributed by atoms with Gasteiger partial charge in [-0.3, -0.25) is 14.2 Å². The van der Waals surface area contributed by atoms with Gasteiger partial charge in [-0.05, 0) is 31.2 Å². The van der Waals surface area contributed by atoms with Crippen LogP contribution < -0.4 is 5.32 Å². The summed E-state index contributed by atoms with van der Waals surface area (Å²) in [7, 11) is 0. The zero-order valence-corrected chi connectivity index (χ0v) is 19.1. The summed E-state index contributed by atoms with van der Waals surface area (Å²) in [6.07, 6.45) is 1.82. The number of nitrogens with one attached hydrogen (secondary N) is 1. The van der Waals surface area contributed by atoms with Gasteiger partial charge in [0, 0.05) is 22.5 Å². The molecule has 3 rings (SSSR count). The van der Waals surface area contributed by atoms with Gasteiger partial charge >= 0.3 is 5.97 Å². The summed E-state index contributed by atoms with van der Waals surface area (Å²) < 4.78 is 6.78. The molecule has 8 nitrogen and oxygen atoms in total. The first-order valence-electron chi connectivity index (χ1n) is 9.32. The molecule has 2 heterocycles. The Morgan fingerprint density at radius 1 is 1.32 bits per heavy atom. The van der Waals surface area contributed by atoms with Crippen molar-refractivity contribution in [2.75, 3.05) is 17.7 Å². The number of carbonyl (C=O) groups excluding carboxylic acids is 2. The number of ether oxygens (including phenoxy) is 1. The third-order valence-corrected chi connectivity index (χ3v) is 5.92. The van der Waals surface area contributed by atoms with Gasteiger partial charge in [0.1, 0.15) is 0 Å². The van der Waals surface area contributed by atoms with Crippen LogP contribution in [0.2, 0.25) is 5.02 Å². The van der Waals surface area contributed by atoms with Crippen LogP contribution in [0.4, 0.5) is 5.13 Å². The number of esters is 1. The van der Waals surface area contributed by atoms with Gasteiger partial charge in [0.15, 0.2) is 16.1 Å². The number of anilines is 1. The zero-order valence-electron chi connectivity index (χ0n) is 16.7. The maximum absolute atomic E-state index is 12.4. The van der Waals surface area contributed by atoms with Crippen LogP contribution >= 0.6 is 34.7 Å². The van der Waals surface area contributed by atoms with E-state index < -0.39 is 0 Å². The quantitative estimate of drug-likeness (QED) is 0.267. The number of benzene rings is 1. The van der Waals surface area contributed by atoms with Crippen molar-refractivity contribution < 1.29 is 14.3 Å². The Bertz CT molecular complexity index is 1070. The molecule has 162 valence electrons. The minimum absolute atomic E-state index is 0.0765. The number of allylic oxidation sites excluding steroid dienone is 1. The minimum Gasteiger partial charge on any atom is -0.466 e. The summed E-state index contributed by atoms with van der Waals surface area (Å²) in [6.45, 7) is 6.35. The molecule has 0 bridgehead atoms. The summed E-state index contributed by atoms with van der Waals surface area (Å²) in [5.41, 5.74) is 1.43. The van der Waals surface area contributed by atoms with Gasteiger partial charge in [0.05, 0.1) is 24.5 Å². The molecular weight excluding hydrogens is 458 g/mol. The maximum atomic E-state index is 12.4. The van der Waals surface area contributed by atoms with Crippen molar-refractivity contribution in [1.82, 2.24) is 19.7 Å². The lowest BCUT2D eigenvalue weighted by Crippen LogP contribution is -2.15. The van der Waals surface area contributed by atoms with Gasteiger partial charge in [-0.25, -0.2) is 4.98 Å². The number of thioether (sulfide) groups is 1. The molecule has 0 aliphatic carbocycles. The van der Waals surface area contributed by atoms with Crippen molar-refractivity contribution in [3.63, 3.8) is 0 Å². The normalized spacial score (nSPS) is 10.6. The van der Waals surface area contributed by atoms with Gasteiger partial charge in [0.2, 0.25) is 5.91 Å². The number of thiazole rings is 1. The standard InChI is InChI=1S/C20H20ClN5O3S2/c1-3-9-26-18(13-5-7-14(21)8-6-13)24-25-20(26)31-12-16(27)23-19-22-15(11-30-19)10-17(28)29-4-2/h3,5-8,11H,1,4,9-10,12H2,2H3,(H,22,23,27). The molecule has 0 aliphatic heterocycles. The van der Waals surface area contributed by atoms with Crippen LogP contribution in [0.3, 0.4) is 0 Å². The van der Waals surface area contributed by atoms with Gasteiger partial charge in [-0.2, -0.15) is 0 Å². The van der Waals surface area contributed by atoms with E-state index in [9.17, 15) is 9.59 Å². The van der Waals surface area contributed by atoms with Crippen molar-refractivity contribution >= 4 is 51.7 Å². The molecule has 1 aromatic carbocycles. The molecule has 11 heteroatoms. The Balaban J connectivity index is 1.61. The van der Waals surface area contributed by atoms with Crippen LogP contribution in [0.1, 0.15) is 12.6 Å². The zero-order chi connectivity index (χ0) is 22.2. The fourth-order valence-electron chi connectivity index (χ4n) is 2.59. The topological polar surface area (TPSA) is 99.0 Å². The molecule has 1 N–H and O–H groups in total. The van der Waals surface area contributed by atoms with Gasteiger partial charge in [-0.15, -0.1) is 28.1 Å². The Morgan fingerprint density at radius 3 is 2.81 bits per heavy atom. The van der Waals surface area contributed by atoms with Gasteiger partial charge < -0.3 is 10.1 Å². The number of halogens is 1. The molecule has 0 saturated carbocycles. The largest absolute Gasteiger partial charge is 0.466 e. The summed E-state index contributed by atoms with van der Waals surface area (Å²) in [6, 6.07) is 7.30. The number of amides is 1. The third kappa shape index (κ3) is 6.39. The number of carbonyl (C=O) groups is 2. The number of hydrogen-bond donors (Lipinski definition) is 1. The van der Waals surface area contributed by atoms with E-state index in [1.165, 1.54) is 23.1 Å². The van der Waals surface area contributed by atoms with Crippen LogP contribution in [0.15, 0.2) is 47.5 Å². The lowest BCUT2D eigenvalue weighted by molar-refractivity contribution is -0.142. The lowest BCUT2D eigenvalue weighted by Gasteiger charge is -2.07. The summed E-state index contributed by atoms with van der Waals surface area (Å²) in [5, 5.41) is 14.6. The van der Waals surface area contributed by atoms with E-state index in [2.05, 4.69) is 27.1 Å². The summed E-state index contributed by atoms with van der Waals surface area (Å²) >= 11 is 8.48. The number of rotatable bonds is 10. The molecule has 31 heavy (non-hydrogen) atoms. The summed E-state index contributed by atoms with van der Waals surface area (Å²) in [5.74, 6) is 0.216. The predicted molar refractivity (Wildman–Crippen MR) is 122 cm³/mol. The monoisotopic (exact) mass is 477 g/mol. The highest BCUT2D eigenvalue weighted by Gasteiger charge is 2.16. The summed E-state index contributed by atoms with van der Waals surface area (Å²) in [4.78, 5) is 28.1. The molecule has 2 aromatic heterocycles. The fourth-order valence-corrected chi connectivity index (χ4v) is 4.19. The highest BCUT2D eigenvalue weighted by molar-refractivity contribution is 7.99. The lowest BCUT2D eigenvalue weighted by atomic mass is 10.2. The van der Waals surface area contributed by atoms with Crippen LogP contribution in [0.25, 0.3) is 11.4 Å². The van der Waals surface area contributed by atoms with E-state index in [1.54, 1.807) is 30.5 Å². The Kier molecular flexibility index (Phi) is 8.21. The fraction of sp³-hybridized carbons (Fsp3) is 0.250. The van der Waals surface area contributed by atoms with Crippen molar-refractivity contribution in [2.24, 2.45) is 0 Å². The molecule has 0 atom stereocenters. The van der Waals surface area contributed by atoms with Gasteiger partial charge in [0.25, 0.3) is 0 Å². The first-order valence-corrected chi connectivity index (χ1v) is 11.6. The first kappa shape index (κ1) is 23.0. The number of nitrogens with zero attached hydrogens (tertiary/aromatic N) is 4. The molecule has 0 saturated heterocycles. The van der Waals surface area contributed by atoms with Crippen LogP contribution in [-0.4, -0.2) is 44.0 Å². The minimum atomic E-state index is -0.348. The van der Waals surface area contributed by atoms with E-state index in [4.69, 9.17) is 16.3 Å². The van der Waals surface area contributed by atoms with Crippen molar-refractivity contribution in [3.05, 3.63) is 53.0 Å². The average molecular weight is 478 g/mol. The Labute approximate surface area is 192 Å². The second kappa shape index (κ2) is 11.1. The van der Waals surface area contributed by atoms with E-state index in [0.29, 0.717) is 40.0 Å². The van der Waals surface area contributed by atoms with Crippen LogP contribution in [-0.2, 0) is 27.3 Å². The smallest absolute Gasteiger partial charge is 0.311 e. The number of aromatic nitrogens is 4. The third-order valence-electron chi connectivity index (χ3n) is 3.89. The van der Waals surface area contributed by atoms with E-state index >= 15 is 0 Å². The first-order chi connectivity index (χ1) is 15.0. The highest BCUT2D eigenvalue weighted by atomic mass is 35.5. The Hall–Kier alpha value is -2.69. The molecule has 3 aromatic rings. The SMILES string of the molecule is C=CCn1c(SCC(=O)Nc2nc(CC(=O)OCC)cs2)nnc1-c1ccc(Cl)cc1. The van der Waals surface area contributed by atoms with Crippen molar-refractivity contribution in [1.29, 1.82) is 0 Å². The van der Waals surface area contributed by atoms with E-state index in [-0.39, 0.29) is 24.1 Å². The molecule has 0 radical (unpaired) electrons. The Morgan fingerprint density at radius 2 is 2.10 bits per heavy atom. The van der Waals surface area contributed by atoms with Gasteiger partial charge in [-0.1, -0.05) is 29.4 Å². The molecule has 0 spiro atoms. The number of hydrogen-bond acceptors (Lipinski definition) is 8. The molecular formula is C20H20ClN5O3S2. The van der Waals surface area contributed by atoms with Crippen LogP contribution in [0, 0.1) is 0 Å². The molecule has 0 unspecified atom stereocenters. The molecule has 0 aliphatic rings. The second-order valence-corrected chi connectivity index (χ2v) is 8.41. The van der Waals surface area contributed by atoms with E-state index in [0.717, 1.165) is 5.56 Å². The predicted octanol–water partition coefficient (Wildman–Crippen LogP) is 4.08. The van der Waals surface area contributed by atoms with Crippen molar-refractivity contribution in [2.45, 2.75) is 25.0 Å². The van der Waals surface area contributed by atoms with Crippen molar-refractivity contribution in [3.8, 4) is 11.4 Å². The molecule has 0 fully saturated rings. The second-order valence-electron chi connectivity index (χ2n) is 6.17. The highest BCUT2D eigenvalue weighted by Crippen LogP contribution is 2.25. The average Bonchev–Trinajstić information content (AvgIpc) is 3.34. The molecule has 1 amide bonds. The maximum Gasteiger partial charge on any atom is 0.311 e. The van der Waals surface area contributed by atoms with Crippen LogP contribution in [0.5, 0.6) is 0 Å².